The summed E-state index contributed by atoms with van der Waals surface area (Å²) in [5.74, 6) is 0. The van der Waals surface area contributed by atoms with E-state index in [1.807, 2.05) is 0 Å². The van der Waals surface area contributed by atoms with Crippen LogP contribution in [0.25, 0.3) is 10.6 Å². The highest BCUT2D eigenvalue weighted by Gasteiger charge is 2.17. The molecule has 0 aromatic heterocycles. The first-order valence-electron chi connectivity index (χ1n) is 6.19. The van der Waals surface area contributed by atoms with Crippen LogP contribution >= 0.6 is 46.4 Å². The first kappa shape index (κ1) is 16.7. The lowest BCUT2D eigenvalue weighted by Gasteiger charge is -2.15. The molecule has 1 unspecified atom stereocenters. The molecule has 2 aromatic carbocycles. The van der Waals surface area contributed by atoms with Crippen LogP contribution in [0.2, 0.25) is 15.1 Å². The highest BCUT2D eigenvalue weighted by molar-refractivity contribution is 6.54. The van der Waals surface area contributed by atoms with Gasteiger partial charge in [0.05, 0.1) is 16.2 Å². The molecule has 2 aromatic rings. The molecule has 0 saturated carbocycles. The van der Waals surface area contributed by atoms with E-state index < -0.39 is 6.10 Å². The fraction of sp³-hybridized carbons (Fsp3) is 0.125. The van der Waals surface area contributed by atoms with E-state index in [0.717, 1.165) is 5.56 Å². The minimum absolute atomic E-state index is 0.383. The number of rotatable bonds is 3. The van der Waals surface area contributed by atoms with Crippen molar-refractivity contribution in [2.75, 3.05) is 0 Å². The van der Waals surface area contributed by atoms with Crippen molar-refractivity contribution in [1.82, 2.24) is 0 Å². The summed E-state index contributed by atoms with van der Waals surface area (Å²) in [6.07, 6.45) is -0.759. The van der Waals surface area contributed by atoms with E-state index in [-0.39, 0.29) is 0 Å². The Morgan fingerprint density at radius 2 is 1.52 bits per heavy atom. The van der Waals surface area contributed by atoms with Gasteiger partial charge in [0, 0.05) is 21.2 Å². The molecule has 0 spiro atoms. The molecule has 21 heavy (non-hydrogen) atoms. The topological polar surface area (TPSA) is 20.2 Å². The fourth-order valence-electron chi connectivity index (χ4n) is 1.99. The van der Waals surface area contributed by atoms with Gasteiger partial charge in [-0.25, -0.2) is 0 Å². The van der Waals surface area contributed by atoms with Gasteiger partial charge in [-0.15, -0.1) is 0 Å². The zero-order valence-corrected chi connectivity index (χ0v) is 14.1. The van der Waals surface area contributed by atoms with Crippen LogP contribution in [-0.2, 0) is 0 Å². The Kier molecular flexibility index (Phi) is 5.59. The second-order valence-corrected chi connectivity index (χ2v) is 6.19. The molecule has 0 aliphatic carbocycles. The van der Waals surface area contributed by atoms with Crippen LogP contribution in [-0.4, -0.2) is 11.2 Å². The zero-order valence-electron chi connectivity index (χ0n) is 11.1. The van der Waals surface area contributed by atoms with E-state index in [0.29, 0.717) is 31.2 Å². The van der Waals surface area contributed by atoms with E-state index in [1.54, 1.807) is 49.4 Å². The minimum Gasteiger partial charge on any atom is -0.389 e. The van der Waals surface area contributed by atoms with E-state index in [1.165, 1.54) is 0 Å². The highest BCUT2D eigenvalue weighted by Crippen LogP contribution is 2.36. The predicted octanol–water partition coefficient (Wildman–Crippen LogP) is 6.13. The number of aliphatic hydroxyl groups is 1. The Morgan fingerprint density at radius 1 is 0.952 bits per heavy atom. The number of aliphatic hydroxyl groups excluding tert-OH is 1. The van der Waals surface area contributed by atoms with Gasteiger partial charge in [-0.1, -0.05) is 64.6 Å². The Labute approximate surface area is 143 Å². The first-order valence-corrected chi connectivity index (χ1v) is 7.70. The molecule has 2 rings (SSSR count). The largest absolute Gasteiger partial charge is 0.389 e. The molecule has 0 heterocycles. The lowest BCUT2D eigenvalue weighted by molar-refractivity contribution is 0.254. The second-order valence-electron chi connectivity index (χ2n) is 4.53. The molecular formula is C16H12Cl4O. The summed E-state index contributed by atoms with van der Waals surface area (Å²) in [6.45, 7) is 1.65. The third-order valence-corrected chi connectivity index (χ3v) is 4.18. The standard InChI is InChI=1S/C16H12Cl4O/c1-9(21)15(10-2-4-11(17)5-3-10)16(20)13-7-6-12(18)8-14(13)19/h2-9,21H,1H3. The molecule has 0 fully saturated rings. The van der Waals surface area contributed by atoms with Gasteiger partial charge in [0.1, 0.15) is 0 Å². The molecule has 5 heteroatoms. The smallest absolute Gasteiger partial charge is 0.0782 e. The van der Waals surface area contributed by atoms with Crippen molar-refractivity contribution >= 4 is 57.0 Å². The van der Waals surface area contributed by atoms with E-state index in [2.05, 4.69) is 0 Å². The van der Waals surface area contributed by atoms with Gasteiger partial charge in [0.25, 0.3) is 0 Å². The highest BCUT2D eigenvalue weighted by atomic mass is 35.5. The molecule has 1 N–H and O–H groups in total. The van der Waals surface area contributed by atoms with Crippen LogP contribution in [0.15, 0.2) is 42.5 Å². The molecular weight excluding hydrogens is 350 g/mol. The third kappa shape index (κ3) is 3.94. The van der Waals surface area contributed by atoms with Gasteiger partial charge < -0.3 is 5.11 Å². The third-order valence-electron chi connectivity index (χ3n) is 2.98. The molecule has 1 nitrogen and oxygen atoms in total. The number of benzene rings is 2. The number of hydrogen-bond donors (Lipinski definition) is 1. The Balaban J connectivity index is 2.61. The van der Waals surface area contributed by atoms with Crippen molar-refractivity contribution < 1.29 is 5.11 Å². The molecule has 0 saturated heterocycles. The molecule has 0 aliphatic rings. The van der Waals surface area contributed by atoms with Crippen molar-refractivity contribution in [3.05, 3.63) is 68.7 Å². The van der Waals surface area contributed by atoms with Crippen molar-refractivity contribution in [2.24, 2.45) is 0 Å². The molecule has 1 atom stereocenters. The summed E-state index contributed by atoms with van der Waals surface area (Å²) in [6, 6.07) is 12.1. The minimum atomic E-state index is -0.759. The van der Waals surface area contributed by atoms with Gasteiger partial charge in [0.15, 0.2) is 0 Å². The van der Waals surface area contributed by atoms with Crippen LogP contribution < -0.4 is 0 Å². The quantitative estimate of drug-likeness (QED) is 0.651. The van der Waals surface area contributed by atoms with Gasteiger partial charge in [-0.05, 0) is 36.8 Å². The van der Waals surface area contributed by atoms with Crippen LogP contribution in [0.3, 0.4) is 0 Å². The van der Waals surface area contributed by atoms with Crippen LogP contribution in [0.5, 0.6) is 0 Å². The fourth-order valence-corrected chi connectivity index (χ4v) is 3.10. The summed E-state index contributed by atoms with van der Waals surface area (Å²) in [5, 5.41) is 12.0. The van der Waals surface area contributed by atoms with E-state index in [4.69, 9.17) is 46.4 Å². The monoisotopic (exact) mass is 360 g/mol. The van der Waals surface area contributed by atoms with Gasteiger partial charge in [0.2, 0.25) is 0 Å². The van der Waals surface area contributed by atoms with Crippen molar-refractivity contribution in [2.45, 2.75) is 13.0 Å². The number of hydrogen-bond acceptors (Lipinski definition) is 1. The second kappa shape index (κ2) is 7.04. The van der Waals surface area contributed by atoms with Crippen LogP contribution in [0, 0.1) is 0 Å². The predicted molar refractivity (Wildman–Crippen MR) is 92.3 cm³/mol. The summed E-state index contributed by atoms with van der Waals surface area (Å²) in [7, 11) is 0. The Morgan fingerprint density at radius 3 is 2.05 bits per heavy atom. The lowest BCUT2D eigenvalue weighted by atomic mass is 9.98. The molecule has 0 bridgehead atoms. The van der Waals surface area contributed by atoms with Crippen LogP contribution in [0.4, 0.5) is 0 Å². The average molecular weight is 362 g/mol. The van der Waals surface area contributed by atoms with Crippen molar-refractivity contribution in [3.63, 3.8) is 0 Å². The van der Waals surface area contributed by atoms with Crippen molar-refractivity contribution in [3.8, 4) is 0 Å². The first-order chi connectivity index (χ1) is 9.90. The van der Waals surface area contributed by atoms with Gasteiger partial charge >= 0.3 is 0 Å². The normalized spacial score (nSPS) is 13.8. The average Bonchev–Trinajstić information content (AvgIpc) is 2.40. The Hall–Kier alpha value is -0.700. The Bertz CT molecular complexity index is 675. The maximum Gasteiger partial charge on any atom is 0.0782 e. The summed E-state index contributed by atoms with van der Waals surface area (Å²) in [4.78, 5) is 0. The summed E-state index contributed by atoms with van der Waals surface area (Å²) < 4.78 is 0. The summed E-state index contributed by atoms with van der Waals surface area (Å²) >= 11 is 24.4. The zero-order chi connectivity index (χ0) is 15.6. The SMILES string of the molecule is CC(O)C(=C(Cl)c1ccc(Cl)cc1Cl)c1ccc(Cl)cc1. The maximum atomic E-state index is 10.1. The summed E-state index contributed by atoms with van der Waals surface area (Å²) in [5.41, 5.74) is 1.98. The molecule has 0 radical (unpaired) electrons. The molecule has 110 valence electrons. The van der Waals surface area contributed by atoms with Crippen molar-refractivity contribution in [1.29, 1.82) is 0 Å². The van der Waals surface area contributed by atoms with Crippen LogP contribution in [0.1, 0.15) is 18.1 Å². The van der Waals surface area contributed by atoms with Gasteiger partial charge in [-0.3, -0.25) is 0 Å². The molecule has 0 amide bonds. The van der Waals surface area contributed by atoms with Gasteiger partial charge in [-0.2, -0.15) is 0 Å². The lowest BCUT2D eigenvalue weighted by Crippen LogP contribution is -2.05. The van der Waals surface area contributed by atoms with E-state index in [9.17, 15) is 5.11 Å². The number of halogens is 4. The van der Waals surface area contributed by atoms with E-state index >= 15 is 0 Å². The maximum absolute atomic E-state index is 10.1. The molecule has 0 aliphatic heterocycles.